The zero-order valence-corrected chi connectivity index (χ0v) is 12.0. The van der Waals surface area contributed by atoms with Gasteiger partial charge in [-0.1, -0.05) is 12.1 Å². The molecule has 0 spiro atoms. The Balaban J connectivity index is 1.40. The van der Waals surface area contributed by atoms with Crippen LogP contribution in [0, 0.1) is 0 Å². The van der Waals surface area contributed by atoms with E-state index in [4.69, 9.17) is 4.74 Å². The maximum absolute atomic E-state index is 12.5. The van der Waals surface area contributed by atoms with Gasteiger partial charge in [0.05, 0.1) is 12.2 Å². The van der Waals surface area contributed by atoms with Gasteiger partial charge >= 0.3 is 0 Å². The van der Waals surface area contributed by atoms with Crippen LogP contribution in [0.3, 0.4) is 0 Å². The molecule has 0 radical (unpaired) electrons. The second kappa shape index (κ2) is 5.22. The molecule has 0 bridgehead atoms. The van der Waals surface area contributed by atoms with Gasteiger partial charge in [-0.15, -0.1) is 0 Å². The fraction of sp³-hybridized carbons (Fsp3) is 0.562. The van der Waals surface area contributed by atoms with Gasteiger partial charge in [-0.05, 0) is 37.9 Å². The van der Waals surface area contributed by atoms with E-state index in [0.29, 0.717) is 18.6 Å². The molecule has 112 valence electrons. The molecule has 5 nitrogen and oxygen atoms in total. The van der Waals surface area contributed by atoms with E-state index in [9.17, 15) is 4.79 Å². The van der Waals surface area contributed by atoms with E-state index in [2.05, 4.69) is 15.5 Å². The third kappa shape index (κ3) is 2.35. The molecule has 0 aromatic heterocycles. The summed E-state index contributed by atoms with van der Waals surface area (Å²) in [5.41, 5.74) is 0.962. The van der Waals surface area contributed by atoms with E-state index >= 15 is 0 Å². The van der Waals surface area contributed by atoms with Crippen molar-refractivity contribution >= 4 is 11.6 Å². The first-order chi connectivity index (χ1) is 10.3. The van der Waals surface area contributed by atoms with Crippen LogP contribution in [-0.2, 0) is 4.79 Å². The quantitative estimate of drug-likeness (QED) is 0.858. The van der Waals surface area contributed by atoms with Gasteiger partial charge in [0, 0.05) is 18.6 Å². The molecule has 3 atom stereocenters. The Bertz CT molecular complexity index is 548. The number of nitrogens with one attached hydrogen (secondary N) is 2. The zero-order valence-electron chi connectivity index (χ0n) is 12.0. The molecule has 2 saturated heterocycles. The summed E-state index contributed by atoms with van der Waals surface area (Å²) in [6.07, 6.45) is 3.09. The molecule has 3 aliphatic rings. The SMILES string of the molecule is O=C(NC1CCN2CCCC12)C1CNc2ccccc2O1. The first-order valence-corrected chi connectivity index (χ1v) is 7.85. The second-order valence-electron chi connectivity index (χ2n) is 6.13. The van der Waals surface area contributed by atoms with Crippen LogP contribution in [0.4, 0.5) is 5.69 Å². The molecule has 0 saturated carbocycles. The van der Waals surface area contributed by atoms with Crippen molar-refractivity contribution < 1.29 is 9.53 Å². The fourth-order valence-electron chi connectivity index (χ4n) is 3.79. The van der Waals surface area contributed by atoms with E-state index < -0.39 is 6.10 Å². The Morgan fingerprint density at radius 2 is 2.19 bits per heavy atom. The van der Waals surface area contributed by atoms with Crippen LogP contribution in [0.25, 0.3) is 0 Å². The highest BCUT2D eigenvalue weighted by molar-refractivity contribution is 5.83. The highest BCUT2D eigenvalue weighted by atomic mass is 16.5. The second-order valence-corrected chi connectivity index (χ2v) is 6.13. The number of hydrogen-bond acceptors (Lipinski definition) is 4. The number of benzene rings is 1. The third-order valence-corrected chi connectivity index (χ3v) is 4.86. The predicted octanol–water partition coefficient (Wildman–Crippen LogP) is 1.21. The molecule has 3 aliphatic heterocycles. The smallest absolute Gasteiger partial charge is 0.263 e. The lowest BCUT2D eigenvalue weighted by Crippen LogP contribution is -2.50. The molecule has 0 aliphatic carbocycles. The number of carbonyl (C=O) groups excluding carboxylic acids is 1. The van der Waals surface area contributed by atoms with Crippen molar-refractivity contribution in [2.45, 2.75) is 37.5 Å². The van der Waals surface area contributed by atoms with Crippen LogP contribution in [0.1, 0.15) is 19.3 Å². The summed E-state index contributed by atoms with van der Waals surface area (Å²) in [7, 11) is 0. The standard InChI is InChI=1S/C16H21N3O2/c20-16(18-11-7-9-19-8-3-5-13(11)19)15-10-17-12-4-1-2-6-14(12)21-15/h1-2,4,6,11,13,15,17H,3,5,7-10H2,(H,18,20). The lowest BCUT2D eigenvalue weighted by Gasteiger charge is -2.28. The molecule has 1 aromatic carbocycles. The highest BCUT2D eigenvalue weighted by Crippen LogP contribution is 2.30. The number of anilines is 1. The molecule has 2 fully saturated rings. The summed E-state index contributed by atoms with van der Waals surface area (Å²) >= 11 is 0. The largest absolute Gasteiger partial charge is 0.477 e. The summed E-state index contributed by atoms with van der Waals surface area (Å²) in [5.74, 6) is 0.772. The van der Waals surface area contributed by atoms with Crippen molar-refractivity contribution in [1.29, 1.82) is 0 Å². The van der Waals surface area contributed by atoms with Crippen LogP contribution in [0.2, 0.25) is 0 Å². The van der Waals surface area contributed by atoms with Crippen LogP contribution in [0.5, 0.6) is 5.75 Å². The Hall–Kier alpha value is -1.75. The average molecular weight is 287 g/mol. The minimum Gasteiger partial charge on any atom is -0.477 e. The van der Waals surface area contributed by atoms with Crippen LogP contribution < -0.4 is 15.4 Å². The minimum absolute atomic E-state index is 0.00996. The van der Waals surface area contributed by atoms with Gasteiger partial charge in [-0.3, -0.25) is 9.69 Å². The molecular weight excluding hydrogens is 266 g/mol. The number of fused-ring (bicyclic) bond motifs is 2. The molecular formula is C16H21N3O2. The van der Waals surface area contributed by atoms with E-state index in [1.165, 1.54) is 19.4 Å². The van der Waals surface area contributed by atoms with Crippen LogP contribution in [-0.4, -0.2) is 48.6 Å². The molecule has 4 rings (SSSR count). The highest BCUT2D eigenvalue weighted by Gasteiger charge is 2.39. The number of amides is 1. The van der Waals surface area contributed by atoms with Crippen molar-refractivity contribution in [1.82, 2.24) is 10.2 Å². The summed E-state index contributed by atoms with van der Waals surface area (Å²) < 4.78 is 5.83. The maximum Gasteiger partial charge on any atom is 0.263 e. The summed E-state index contributed by atoms with van der Waals surface area (Å²) in [6, 6.07) is 8.59. The Morgan fingerprint density at radius 3 is 3.14 bits per heavy atom. The number of rotatable bonds is 2. The van der Waals surface area contributed by atoms with Crippen LogP contribution >= 0.6 is 0 Å². The third-order valence-electron chi connectivity index (χ3n) is 4.86. The summed E-state index contributed by atoms with van der Waals surface area (Å²) in [5, 5.41) is 6.47. The van der Waals surface area contributed by atoms with Gasteiger partial charge in [0.1, 0.15) is 5.75 Å². The van der Waals surface area contributed by atoms with E-state index in [-0.39, 0.29) is 5.91 Å². The van der Waals surface area contributed by atoms with Crippen LogP contribution in [0.15, 0.2) is 24.3 Å². The molecule has 5 heteroatoms. The molecule has 3 unspecified atom stereocenters. The van der Waals surface area contributed by atoms with Gasteiger partial charge in [0.2, 0.25) is 0 Å². The number of ether oxygens (including phenoxy) is 1. The molecule has 1 aromatic rings. The Kier molecular flexibility index (Phi) is 3.22. The number of hydrogen-bond donors (Lipinski definition) is 2. The van der Waals surface area contributed by atoms with Crippen molar-refractivity contribution in [2.75, 3.05) is 25.0 Å². The fourth-order valence-corrected chi connectivity index (χ4v) is 3.79. The maximum atomic E-state index is 12.5. The van der Waals surface area contributed by atoms with Crippen molar-refractivity contribution in [3.63, 3.8) is 0 Å². The van der Waals surface area contributed by atoms with E-state index in [1.54, 1.807) is 0 Å². The number of nitrogens with zero attached hydrogens (tertiary/aromatic N) is 1. The van der Waals surface area contributed by atoms with Gasteiger partial charge in [0.15, 0.2) is 6.10 Å². The van der Waals surface area contributed by atoms with Gasteiger partial charge < -0.3 is 15.4 Å². The monoisotopic (exact) mass is 287 g/mol. The van der Waals surface area contributed by atoms with Gasteiger partial charge in [-0.25, -0.2) is 0 Å². The molecule has 3 heterocycles. The minimum atomic E-state index is -0.435. The lowest BCUT2D eigenvalue weighted by atomic mass is 10.1. The first kappa shape index (κ1) is 13.0. The zero-order chi connectivity index (χ0) is 14.2. The van der Waals surface area contributed by atoms with Crippen molar-refractivity contribution in [3.8, 4) is 5.75 Å². The predicted molar refractivity (Wildman–Crippen MR) is 80.5 cm³/mol. The van der Waals surface area contributed by atoms with Crippen molar-refractivity contribution in [2.24, 2.45) is 0 Å². The summed E-state index contributed by atoms with van der Waals surface area (Å²) in [4.78, 5) is 15.0. The van der Waals surface area contributed by atoms with E-state index in [1.807, 2.05) is 24.3 Å². The molecule has 21 heavy (non-hydrogen) atoms. The number of carbonyl (C=O) groups is 1. The van der Waals surface area contributed by atoms with E-state index in [0.717, 1.165) is 24.4 Å². The normalized spacial score (nSPS) is 31.0. The Labute approximate surface area is 124 Å². The van der Waals surface area contributed by atoms with Crippen molar-refractivity contribution in [3.05, 3.63) is 24.3 Å². The molecule has 2 N–H and O–H groups in total. The van der Waals surface area contributed by atoms with Gasteiger partial charge in [0.25, 0.3) is 5.91 Å². The topological polar surface area (TPSA) is 53.6 Å². The summed E-state index contributed by atoms with van der Waals surface area (Å²) in [6.45, 7) is 2.83. The van der Waals surface area contributed by atoms with Gasteiger partial charge in [-0.2, -0.15) is 0 Å². The average Bonchev–Trinajstić information content (AvgIpc) is 3.12. The molecule has 1 amide bonds. The first-order valence-electron chi connectivity index (χ1n) is 7.85. The lowest BCUT2D eigenvalue weighted by molar-refractivity contribution is -0.128. The Morgan fingerprint density at radius 1 is 1.29 bits per heavy atom. The number of para-hydroxylation sites is 2.